The van der Waals surface area contributed by atoms with Crippen molar-refractivity contribution in [2.75, 3.05) is 39.8 Å². The monoisotopic (exact) mass is 714 g/mol. The van der Waals surface area contributed by atoms with Crippen LogP contribution in [0.1, 0.15) is 51.4 Å². The molecule has 3 aromatic rings. The smallest absolute Gasteiger partial charge is 0.338 e. The number of esters is 1. The number of urea groups is 1. The van der Waals surface area contributed by atoms with Crippen LogP contribution in [0, 0.1) is 18.7 Å². The molecule has 1 unspecified atom stereocenters. The first-order valence-corrected chi connectivity index (χ1v) is 17.5. The van der Waals surface area contributed by atoms with Crippen molar-refractivity contribution >= 4 is 40.7 Å². The van der Waals surface area contributed by atoms with Crippen molar-refractivity contribution < 1.29 is 33.0 Å². The van der Waals surface area contributed by atoms with Crippen LogP contribution in [-0.2, 0) is 9.53 Å². The van der Waals surface area contributed by atoms with Gasteiger partial charge in [-0.3, -0.25) is 14.8 Å². The van der Waals surface area contributed by atoms with E-state index in [4.69, 9.17) is 9.73 Å². The number of amides is 2. The van der Waals surface area contributed by atoms with E-state index in [1.165, 1.54) is 42.7 Å². The van der Waals surface area contributed by atoms with Crippen LogP contribution in [0.2, 0.25) is 0 Å². The van der Waals surface area contributed by atoms with Crippen molar-refractivity contribution in [3.63, 3.8) is 0 Å². The fraction of sp³-hybridized carbons (Fsp3) is 0.324. The van der Waals surface area contributed by atoms with Gasteiger partial charge in [0, 0.05) is 73.6 Å². The number of carboxylic acid groups (broad SMARTS) is 1. The molecule has 0 saturated carbocycles. The number of thiazole rings is 1. The molecule has 2 N–H and O–H groups in total. The molecule has 2 aromatic carbocycles. The number of ether oxygens (including phenoxy) is 1. The lowest BCUT2D eigenvalue weighted by Gasteiger charge is -2.38. The maximum absolute atomic E-state index is 15.3. The number of nitrogens with one attached hydrogen (secondary N) is 1. The summed E-state index contributed by atoms with van der Waals surface area (Å²) < 4.78 is 34.7. The minimum absolute atomic E-state index is 0.106. The van der Waals surface area contributed by atoms with Crippen molar-refractivity contribution in [2.24, 2.45) is 10.9 Å². The van der Waals surface area contributed by atoms with E-state index in [1.807, 2.05) is 17.2 Å². The molecule has 0 bridgehead atoms. The Morgan fingerprint density at radius 1 is 1.12 bits per heavy atom. The lowest BCUT2D eigenvalue weighted by molar-refractivity contribution is -0.136. The van der Waals surface area contributed by atoms with Gasteiger partial charge in [-0.1, -0.05) is 25.1 Å². The molecule has 0 spiro atoms. The van der Waals surface area contributed by atoms with Gasteiger partial charge in [0.25, 0.3) is 0 Å². The average Bonchev–Trinajstić information content (AvgIpc) is 3.76. The van der Waals surface area contributed by atoms with Crippen molar-refractivity contribution in [1.82, 2.24) is 25.0 Å². The number of piperazine rings is 1. The van der Waals surface area contributed by atoms with E-state index >= 15 is 4.39 Å². The normalized spacial score (nSPS) is 22.5. The van der Waals surface area contributed by atoms with E-state index in [9.17, 15) is 23.9 Å². The average molecular weight is 715 g/mol. The Hall–Kier alpha value is -5.21. The summed E-state index contributed by atoms with van der Waals surface area (Å²) in [6.45, 7) is 5.89. The zero-order valence-corrected chi connectivity index (χ0v) is 29.0. The Kier molecular flexibility index (Phi) is 9.29. The minimum Gasteiger partial charge on any atom is -0.478 e. The summed E-state index contributed by atoms with van der Waals surface area (Å²) in [4.78, 5) is 53.7. The number of nitrogens with zero attached hydrogens (tertiary/aromatic N) is 5. The summed E-state index contributed by atoms with van der Waals surface area (Å²) in [6.07, 6.45) is 3.51. The van der Waals surface area contributed by atoms with Crippen LogP contribution in [0.5, 0.6) is 0 Å². The van der Waals surface area contributed by atoms with Crippen LogP contribution in [0.15, 0.2) is 87.9 Å². The predicted molar refractivity (Wildman–Crippen MR) is 187 cm³/mol. The topological polar surface area (TPSA) is 128 Å². The number of aromatic nitrogens is 1. The molecule has 4 heterocycles. The quantitative estimate of drug-likeness (QED) is 0.292. The molecule has 2 fully saturated rings. The summed E-state index contributed by atoms with van der Waals surface area (Å²) in [7, 11) is 1.32. The molecule has 1 aliphatic carbocycles. The maximum atomic E-state index is 15.3. The Bertz CT molecular complexity index is 2030. The van der Waals surface area contributed by atoms with Gasteiger partial charge in [0.15, 0.2) is 10.8 Å². The number of halogens is 2. The molecule has 51 heavy (non-hydrogen) atoms. The van der Waals surface area contributed by atoms with E-state index in [2.05, 4.69) is 15.2 Å². The molecule has 2 amide bonds. The summed E-state index contributed by atoms with van der Waals surface area (Å²) in [5, 5.41) is 15.1. The molecule has 11 nitrogen and oxygen atoms in total. The summed E-state index contributed by atoms with van der Waals surface area (Å²) in [5.41, 5.74) is 3.93. The third-order valence-electron chi connectivity index (χ3n) is 9.84. The number of methoxy groups -OCH3 is 1. The number of aromatic carboxylic acids is 1. The number of hydrogen-bond acceptors (Lipinski definition) is 9. The van der Waals surface area contributed by atoms with Gasteiger partial charge in [0.2, 0.25) is 0 Å². The molecule has 4 aliphatic rings. The zero-order chi connectivity index (χ0) is 36.0. The van der Waals surface area contributed by atoms with E-state index in [-0.39, 0.29) is 41.6 Å². The number of carboxylic acids is 1. The van der Waals surface area contributed by atoms with Gasteiger partial charge in [0.05, 0.1) is 24.3 Å². The second kappa shape index (κ2) is 13.8. The van der Waals surface area contributed by atoms with E-state index in [0.29, 0.717) is 82.8 Å². The van der Waals surface area contributed by atoms with Crippen LogP contribution >= 0.6 is 11.3 Å². The second-order valence-electron chi connectivity index (χ2n) is 13.1. The number of fused-ring (bicyclic) bond motifs is 1. The Labute approximate surface area is 297 Å². The highest BCUT2D eigenvalue weighted by Crippen LogP contribution is 2.39. The first-order chi connectivity index (χ1) is 24.5. The van der Waals surface area contributed by atoms with E-state index < -0.39 is 18.0 Å². The SMILES string of the molecule is COC(=O)C1=C(CN2CCN3C(=O)N(C4=CC(c5ccc(C(=O)O)cc5)=C(F)CC4C)C[C@@H]3C2)NC(c2nccs2)=N[C@H]1c1ccc(F)cc1C. The van der Waals surface area contributed by atoms with Gasteiger partial charge in [-0.15, -0.1) is 11.3 Å². The number of benzene rings is 2. The van der Waals surface area contributed by atoms with Crippen molar-refractivity contribution in [3.05, 3.63) is 116 Å². The summed E-state index contributed by atoms with van der Waals surface area (Å²) in [5.74, 6) is -2.07. The Morgan fingerprint density at radius 2 is 1.90 bits per heavy atom. The highest BCUT2D eigenvalue weighted by Gasteiger charge is 2.44. The fourth-order valence-electron chi connectivity index (χ4n) is 7.27. The zero-order valence-electron chi connectivity index (χ0n) is 28.2. The van der Waals surface area contributed by atoms with Gasteiger partial charge in [-0.2, -0.15) is 0 Å². The molecule has 14 heteroatoms. The van der Waals surface area contributed by atoms with Gasteiger partial charge in [-0.25, -0.2) is 28.1 Å². The standard InChI is InChI=1S/C37H36F2N6O5S/c1-20-14-24(38)8-9-26(20)32-31(36(48)50-3)29(41-33(42-32)34-40-10-13-51-34)19-43-11-12-44-25(17-43)18-45(37(44)49)30-16-27(28(39)15-21(30)2)22-4-6-23(7-5-22)35(46)47/h4-10,13-14,16,21,25,32H,11-12,15,17-19H2,1-3H3,(H,41,42)(H,46,47)/t21?,25-,32-/m0/s1. The maximum Gasteiger partial charge on any atom is 0.338 e. The van der Waals surface area contributed by atoms with Crippen LogP contribution in [0.25, 0.3) is 5.57 Å². The molecule has 2 saturated heterocycles. The van der Waals surface area contributed by atoms with Crippen molar-refractivity contribution in [1.29, 1.82) is 0 Å². The van der Waals surface area contributed by atoms with Gasteiger partial charge >= 0.3 is 18.0 Å². The number of carbonyl (C=O) groups is 3. The number of aryl methyl sites for hydroxylation is 1. The second-order valence-corrected chi connectivity index (χ2v) is 14.0. The fourth-order valence-corrected chi connectivity index (χ4v) is 7.86. The van der Waals surface area contributed by atoms with E-state index in [0.717, 1.165) is 0 Å². The number of amidine groups is 1. The summed E-state index contributed by atoms with van der Waals surface area (Å²) in [6, 6.07) is 9.38. The molecule has 3 atom stereocenters. The van der Waals surface area contributed by atoms with Crippen LogP contribution in [0.4, 0.5) is 13.6 Å². The largest absolute Gasteiger partial charge is 0.478 e. The van der Waals surface area contributed by atoms with Gasteiger partial charge < -0.3 is 20.1 Å². The number of hydrogen-bond donors (Lipinski definition) is 2. The number of aliphatic imine (C=N–C) groups is 1. The predicted octanol–water partition coefficient (Wildman–Crippen LogP) is 5.53. The first-order valence-electron chi connectivity index (χ1n) is 16.6. The van der Waals surface area contributed by atoms with Crippen LogP contribution < -0.4 is 5.32 Å². The van der Waals surface area contributed by atoms with Gasteiger partial charge in [-0.05, 0) is 54.0 Å². The third kappa shape index (κ3) is 6.56. The Morgan fingerprint density at radius 3 is 2.59 bits per heavy atom. The molecule has 3 aliphatic heterocycles. The van der Waals surface area contributed by atoms with Crippen LogP contribution in [-0.4, -0.2) is 94.5 Å². The molecule has 1 aromatic heterocycles. The van der Waals surface area contributed by atoms with Gasteiger partial charge in [0.1, 0.15) is 17.7 Å². The first kappa shape index (κ1) is 34.2. The van der Waals surface area contributed by atoms with Crippen molar-refractivity contribution in [2.45, 2.75) is 32.4 Å². The summed E-state index contributed by atoms with van der Waals surface area (Å²) >= 11 is 1.40. The third-order valence-corrected chi connectivity index (χ3v) is 10.6. The molecular formula is C37H36F2N6O5S. The Balaban J connectivity index is 1.15. The van der Waals surface area contributed by atoms with Crippen LogP contribution in [0.3, 0.4) is 0 Å². The lowest BCUT2D eigenvalue weighted by Crippen LogP contribution is -2.53. The highest BCUT2D eigenvalue weighted by atomic mass is 32.1. The lowest BCUT2D eigenvalue weighted by atomic mass is 9.89. The minimum atomic E-state index is -1.06. The molecular weight excluding hydrogens is 679 g/mol. The number of rotatable bonds is 8. The number of carbonyl (C=O) groups excluding carboxylic acids is 2. The highest BCUT2D eigenvalue weighted by molar-refractivity contribution is 7.11. The van der Waals surface area contributed by atoms with E-state index in [1.54, 1.807) is 42.3 Å². The number of allylic oxidation sites excluding steroid dienone is 4. The molecule has 0 radical (unpaired) electrons. The molecule has 264 valence electrons. The molecule has 7 rings (SSSR count). The van der Waals surface area contributed by atoms with Crippen molar-refractivity contribution in [3.8, 4) is 0 Å².